The quantitative estimate of drug-likeness (QED) is 0.743. The van der Waals surface area contributed by atoms with Gasteiger partial charge in [-0.25, -0.2) is 0 Å². The minimum Gasteiger partial charge on any atom is -0.396 e. The number of aldehydes is 2. The largest absolute Gasteiger partial charge is 0.396 e. The Labute approximate surface area is 88.0 Å². The number of aliphatic hydroxyl groups is 1. The van der Waals surface area contributed by atoms with E-state index in [0.717, 1.165) is 0 Å². The van der Waals surface area contributed by atoms with Crippen LogP contribution in [-0.2, 0) is 0 Å². The summed E-state index contributed by atoms with van der Waals surface area (Å²) in [6.07, 6.45) is 5.35. The van der Waals surface area contributed by atoms with E-state index in [0.29, 0.717) is 35.7 Å². The average molecular weight is 204 g/mol. The highest BCUT2D eigenvalue weighted by Crippen LogP contribution is 2.14. The van der Waals surface area contributed by atoms with E-state index in [1.165, 1.54) is 0 Å². The number of carbonyl (C=O) groups excluding carboxylic acids is 2. The zero-order valence-electron chi connectivity index (χ0n) is 8.22. The van der Waals surface area contributed by atoms with Crippen molar-refractivity contribution in [3.8, 4) is 0 Å². The van der Waals surface area contributed by atoms with Gasteiger partial charge in [0, 0.05) is 17.7 Å². The molecule has 0 amide bonds. The molecule has 0 aliphatic heterocycles. The van der Waals surface area contributed by atoms with Gasteiger partial charge in [-0.3, -0.25) is 9.59 Å². The number of hydrogen-bond acceptors (Lipinski definition) is 3. The third-order valence-corrected chi connectivity index (χ3v) is 2.01. The molecule has 3 heteroatoms. The van der Waals surface area contributed by atoms with Crippen molar-refractivity contribution in [3.05, 3.63) is 41.0 Å². The van der Waals surface area contributed by atoms with E-state index in [1.807, 2.05) is 0 Å². The van der Waals surface area contributed by atoms with Crippen LogP contribution in [0, 0.1) is 0 Å². The SMILES string of the molecule is O=Cc1cccc(C=O)c1C=CCCO. The van der Waals surface area contributed by atoms with Gasteiger partial charge in [-0.15, -0.1) is 0 Å². The maximum absolute atomic E-state index is 10.7. The lowest BCUT2D eigenvalue weighted by molar-refractivity contribution is 0.112. The number of rotatable bonds is 5. The third-order valence-electron chi connectivity index (χ3n) is 2.01. The minimum absolute atomic E-state index is 0.0518. The molecule has 0 aliphatic rings. The lowest BCUT2D eigenvalue weighted by Gasteiger charge is -2.01. The first kappa shape index (κ1) is 11.3. The Morgan fingerprint density at radius 2 is 1.73 bits per heavy atom. The second-order valence-corrected chi connectivity index (χ2v) is 3.00. The van der Waals surface area contributed by atoms with Crippen LogP contribution in [0.4, 0.5) is 0 Å². The second kappa shape index (κ2) is 5.88. The Bertz CT molecular complexity index is 354. The summed E-state index contributed by atoms with van der Waals surface area (Å²) in [7, 11) is 0. The summed E-state index contributed by atoms with van der Waals surface area (Å²) in [5, 5.41) is 8.61. The predicted molar refractivity (Wildman–Crippen MR) is 58.0 cm³/mol. The van der Waals surface area contributed by atoms with Gasteiger partial charge in [-0.2, -0.15) is 0 Å². The molecule has 0 unspecified atom stereocenters. The third kappa shape index (κ3) is 2.86. The molecule has 0 heterocycles. The van der Waals surface area contributed by atoms with Crippen LogP contribution >= 0.6 is 0 Å². The summed E-state index contributed by atoms with van der Waals surface area (Å²) in [5.41, 5.74) is 1.57. The molecule has 0 saturated carbocycles. The zero-order valence-corrected chi connectivity index (χ0v) is 8.22. The van der Waals surface area contributed by atoms with Crippen LogP contribution < -0.4 is 0 Å². The molecule has 0 atom stereocenters. The van der Waals surface area contributed by atoms with Crippen molar-refractivity contribution in [2.24, 2.45) is 0 Å². The first-order chi connectivity index (χ1) is 7.33. The second-order valence-electron chi connectivity index (χ2n) is 3.00. The fourth-order valence-corrected chi connectivity index (χ4v) is 1.28. The minimum atomic E-state index is 0.0518. The maximum atomic E-state index is 10.7. The van der Waals surface area contributed by atoms with Crippen LogP contribution in [0.15, 0.2) is 24.3 Å². The number of hydrogen-bond donors (Lipinski definition) is 1. The average Bonchev–Trinajstić information content (AvgIpc) is 2.29. The lowest BCUT2D eigenvalue weighted by Crippen LogP contribution is -1.93. The highest BCUT2D eigenvalue weighted by molar-refractivity contribution is 5.90. The smallest absolute Gasteiger partial charge is 0.150 e. The topological polar surface area (TPSA) is 54.4 Å². The van der Waals surface area contributed by atoms with E-state index in [1.54, 1.807) is 30.4 Å². The van der Waals surface area contributed by atoms with Gasteiger partial charge in [0.05, 0.1) is 0 Å². The van der Waals surface area contributed by atoms with Crippen molar-refractivity contribution in [1.82, 2.24) is 0 Å². The molecule has 1 aromatic rings. The van der Waals surface area contributed by atoms with Crippen LogP contribution in [-0.4, -0.2) is 24.3 Å². The van der Waals surface area contributed by atoms with Gasteiger partial charge in [0.25, 0.3) is 0 Å². The molecule has 15 heavy (non-hydrogen) atoms. The molecule has 78 valence electrons. The summed E-state index contributed by atoms with van der Waals surface area (Å²) >= 11 is 0. The van der Waals surface area contributed by atoms with Gasteiger partial charge >= 0.3 is 0 Å². The van der Waals surface area contributed by atoms with Crippen molar-refractivity contribution >= 4 is 18.6 Å². The summed E-state index contributed by atoms with van der Waals surface area (Å²) in [5.74, 6) is 0. The first-order valence-corrected chi connectivity index (χ1v) is 4.64. The molecule has 3 nitrogen and oxygen atoms in total. The van der Waals surface area contributed by atoms with Crippen LogP contribution in [0.2, 0.25) is 0 Å². The van der Waals surface area contributed by atoms with Gasteiger partial charge in [0.1, 0.15) is 0 Å². The van der Waals surface area contributed by atoms with E-state index in [-0.39, 0.29) is 6.61 Å². The Hall–Kier alpha value is -1.74. The molecule has 0 spiro atoms. The molecule has 1 rings (SSSR count). The van der Waals surface area contributed by atoms with E-state index in [2.05, 4.69) is 0 Å². The summed E-state index contributed by atoms with van der Waals surface area (Å²) in [6.45, 7) is 0.0518. The molecule has 0 aromatic heterocycles. The van der Waals surface area contributed by atoms with Crippen LogP contribution in [0.1, 0.15) is 32.7 Å². The molecule has 1 N–H and O–H groups in total. The normalized spacial score (nSPS) is 10.5. The van der Waals surface area contributed by atoms with Crippen molar-refractivity contribution in [3.63, 3.8) is 0 Å². The van der Waals surface area contributed by atoms with Gasteiger partial charge in [0.15, 0.2) is 12.6 Å². The Balaban J connectivity index is 3.10. The molecule has 0 radical (unpaired) electrons. The Morgan fingerprint density at radius 1 is 1.13 bits per heavy atom. The van der Waals surface area contributed by atoms with Crippen molar-refractivity contribution < 1.29 is 14.7 Å². The molecular formula is C12H12O3. The monoisotopic (exact) mass is 204 g/mol. The summed E-state index contributed by atoms with van der Waals surface area (Å²) in [4.78, 5) is 21.5. The zero-order chi connectivity index (χ0) is 11.1. The fraction of sp³-hybridized carbons (Fsp3) is 0.167. The van der Waals surface area contributed by atoms with Gasteiger partial charge in [-0.05, 0) is 12.0 Å². The molecule has 0 aliphatic carbocycles. The highest BCUT2D eigenvalue weighted by Gasteiger charge is 2.03. The standard InChI is InChI=1S/C12H12O3/c13-7-2-1-6-12-10(8-14)4-3-5-11(12)9-15/h1,3-6,8-9,13H,2,7H2. The first-order valence-electron chi connectivity index (χ1n) is 4.64. The van der Waals surface area contributed by atoms with Crippen LogP contribution in [0.3, 0.4) is 0 Å². The molecule has 1 aromatic carbocycles. The van der Waals surface area contributed by atoms with Gasteiger partial charge < -0.3 is 5.11 Å². The van der Waals surface area contributed by atoms with Crippen LogP contribution in [0.25, 0.3) is 6.08 Å². The van der Waals surface area contributed by atoms with E-state index in [9.17, 15) is 9.59 Å². The Morgan fingerprint density at radius 3 is 2.20 bits per heavy atom. The van der Waals surface area contributed by atoms with Crippen molar-refractivity contribution in [1.29, 1.82) is 0 Å². The molecule has 0 saturated heterocycles. The van der Waals surface area contributed by atoms with E-state index < -0.39 is 0 Å². The molecule has 0 fully saturated rings. The van der Waals surface area contributed by atoms with Crippen LogP contribution in [0.5, 0.6) is 0 Å². The Kier molecular flexibility index (Phi) is 4.44. The molecular weight excluding hydrogens is 192 g/mol. The number of benzene rings is 1. The fourth-order valence-electron chi connectivity index (χ4n) is 1.28. The van der Waals surface area contributed by atoms with Crippen molar-refractivity contribution in [2.45, 2.75) is 6.42 Å². The number of aliphatic hydroxyl groups excluding tert-OH is 1. The van der Waals surface area contributed by atoms with Gasteiger partial charge in [-0.1, -0.05) is 30.4 Å². The predicted octanol–water partition coefficient (Wildman–Crippen LogP) is 1.71. The summed E-state index contributed by atoms with van der Waals surface area (Å²) < 4.78 is 0. The molecule has 0 bridgehead atoms. The van der Waals surface area contributed by atoms with E-state index in [4.69, 9.17) is 5.11 Å². The summed E-state index contributed by atoms with van der Waals surface area (Å²) in [6, 6.07) is 4.97. The maximum Gasteiger partial charge on any atom is 0.150 e. The van der Waals surface area contributed by atoms with Gasteiger partial charge in [0.2, 0.25) is 0 Å². The number of carbonyl (C=O) groups is 2. The highest BCUT2D eigenvalue weighted by atomic mass is 16.2. The van der Waals surface area contributed by atoms with E-state index >= 15 is 0 Å². The van der Waals surface area contributed by atoms with Crippen molar-refractivity contribution in [2.75, 3.05) is 6.61 Å². The lowest BCUT2D eigenvalue weighted by atomic mass is 10.0.